The summed E-state index contributed by atoms with van der Waals surface area (Å²) in [6, 6.07) is 13.5. The number of H-pyrrole nitrogens is 1. The fourth-order valence-electron chi connectivity index (χ4n) is 3.91. The molecule has 0 spiro atoms. The molecule has 1 saturated carbocycles. The highest BCUT2D eigenvalue weighted by Crippen LogP contribution is 2.31. The van der Waals surface area contributed by atoms with Crippen LogP contribution in [0.5, 0.6) is 5.75 Å². The van der Waals surface area contributed by atoms with E-state index in [1.165, 1.54) is 12.8 Å². The van der Waals surface area contributed by atoms with Crippen LogP contribution in [-0.4, -0.2) is 72.5 Å². The molecule has 0 unspecified atom stereocenters. The number of hydrogen-bond donors (Lipinski definition) is 3. The number of carbonyl (C=O) groups excluding carboxylic acids is 1. The summed E-state index contributed by atoms with van der Waals surface area (Å²) in [5.41, 5.74) is 4.33. The second-order valence-electron chi connectivity index (χ2n) is 9.33. The highest BCUT2D eigenvalue weighted by Gasteiger charge is 2.25. The van der Waals surface area contributed by atoms with Crippen molar-refractivity contribution in [1.29, 1.82) is 5.41 Å². The highest BCUT2D eigenvalue weighted by atomic mass is 16.5. The van der Waals surface area contributed by atoms with Crippen molar-refractivity contribution in [2.75, 3.05) is 46.2 Å². The molecule has 184 valence electrons. The van der Waals surface area contributed by atoms with Gasteiger partial charge in [-0.05, 0) is 68.2 Å². The molecular formula is C27H34N6O2. The Morgan fingerprint density at radius 3 is 2.69 bits per heavy atom. The second kappa shape index (κ2) is 11.2. The third-order valence-corrected chi connectivity index (χ3v) is 6.22. The van der Waals surface area contributed by atoms with Crippen molar-refractivity contribution in [3.05, 3.63) is 66.0 Å². The van der Waals surface area contributed by atoms with Crippen LogP contribution in [0.15, 0.2) is 54.9 Å². The Labute approximate surface area is 206 Å². The Morgan fingerprint density at radius 2 is 2.00 bits per heavy atom. The average Bonchev–Trinajstić information content (AvgIpc) is 3.54. The van der Waals surface area contributed by atoms with Crippen molar-refractivity contribution >= 4 is 17.3 Å². The minimum atomic E-state index is -0.291. The quantitative estimate of drug-likeness (QED) is 0.346. The predicted molar refractivity (Wildman–Crippen MR) is 139 cm³/mol. The van der Waals surface area contributed by atoms with Crippen molar-refractivity contribution in [2.45, 2.75) is 19.4 Å². The fraction of sp³-hybridized carbons (Fsp3) is 0.370. The van der Waals surface area contributed by atoms with Crippen molar-refractivity contribution < 1.29 is 9.53 Å². The largest absolute Gasteiger partial charge is 0.497 e. The van der Waals surface area contributed by atoms with Gasteiger partial charge in [-0.3, -0.25) is 15.3 Å². The van der Waals surface area contributed by atoms with Gasteiger partial charge in [0.15, 0.2) is 0 Å². The van der Waals surface area contributed by atoms with Gasteiger partial charge in [-0.25, -0.2) is 0 Å². The van der Waals surface area contributed by atoms with Crippen molar-refractivity contribution in [3.8, 4) is 16.9 Å². The Morgan fingerprint density at radius 1 is 1.17 bits per heavy atom. The van der Waals surface area contributed by atoms with Crippen LogP contribution in [0.3, 0.4) is 0 Å². The van der Waals surface area contributed by atoms with Gasteiger partial charge >= 0.3 is 0 Å². The number of likely N-dealkylation sites (N-methyl/N-ethyl adjacent to an activating group) is 1. The van der Waals surface area contributed by atoms with Gasteiger partial charge in [-0.1, -0.05) is 18.2 Å². The zero-order chi connectivity index (χ0) is 24.8. The zero-order valence-electron chi connectivity index (χ0n) is 20.7. The number of aromatic nitrogens is 2. The normalized spacial score (nSPS) is 13.0. The summed E-state index contributed by atoms with van der Waals surface area (Å²) < 4.78 is 5.35. The molecule has 2 aromatic carbocycles. The number of hydrogen-bond acceptors (Lipinski definition) is 6. The maximum atomic E-state index is 13.6. The van der Waals surface area contributed by atoms with Crippen molar-refractivity contribution in [3.63, 3.8) is 0 Å². The number of benzene rings is 2. The number of nitrogens with one attached hydrogen (secondary N) is 3. The lowest BCUT2D eigenvalue weighted by molar-refractivity contribution is -0.124. The molecule has 1 aliphatic carbocycles. The SMILES string of the molecule is COc1cccc(CN(CCN(C)C)C(=O)C(=N)c2ccc(-c3cn[nH]c3)cc2NCC2CC2)c1. The summed E-state index contributed by atoms with van der Waals surface area (Å²) in [7, 11) is 5.59. The summed E-state index contributed by atoms with van der Waals surface area (Å²) >= 11 is 0. The first kappa shape index (κ1) is 24.5. The van der Waals surface area contributed by atoms with Crippen LogP contribution in [0.1, 0.15) is 24.0 Å². The van der Waals surface area contributed by atoms with Crippen LogP contribution in [0.2, 0.25) is 0 Å². The summed E-state index contributed by atoms with van der Waals surface area (Å²) in [5.74, 6) is 1.12. The summed E-state index contributed by atoms with van der Waals surface area (Å²) in [5, 5.41) is 19.3. The van der Waals surface area contributed by atoms with Gasteiger partial charge in [-0.15, -0.1) is 0 Å². The number of amides is 1. The number of anilines is 1. The van der Waals surface area contributed by atoms with E-state index < -0.39 is 0 Å². The number of methoxy groups -OCH3 is 1. The van der Waals surface area contributed by atoms with Crippen molar-refractivity contribution in [2.24, 2.45) is 5.92 Å². The molecule has 1 amide bonds. The smallest absolute Gasteiger partial charge is 0.272 e. The molecule has 35 heavy (non-hydrogen) atoms. The average molecular weight is 475 g/mol. The molecule has 1 aromatic heterocycles. The van der Waals surface area contributed by atoms with Gasteiger partial charge in [0.05, 0.1) is 13.3 Å². The van der Waals surface area contributed by atoms with Gasteiger partial charge in [0.2, 0.25) is 0 Å². The molecule has 0 bridgehead atoms. The molecule has 0 radical (unpaired) electrons. The van der Waals surface area contributed by atoms with E-state index in [4.69, 9.17) is 10.1 Å². The Kier molecular flexibility index (Phi) is 7.82. The lowest BCUT2D eigenvalue weighted by atomic mass is 10.0. The summed E-state index contributed by atoms with van der Waals surface area (Å²) in [4.78, 5) is 17.4. The maximum absolute atomic E-state index is 13.6. The standard InChI is InChI=1S/C27H34N6O2/c1-32(2)11-12-33(18-20-5-4-6-23(13-20)35-3)27(34)26(28)24-10-9-21(22-16-30-31-17-22)14-25(24)29-15-19-7-8-19/h4-6,9-10,13-14,16-17,19,28-29H,7-8,11-12,15,18H2,1-3H3,(H,30,31). The topological polar surface area (TPSA) is 97.3 Å². The molecule has 1 fully saturated rings. The minimum Gasteiger partial charge on any atom is -0.497 e. The van der Waals surface area contributed by atoms with E-state index in [0.717, 1.165) is 34.7 Å². The summed E-state index contributed by atoms with van der Waals surface area (Å²) in [6.45, 7) is 2.47. The third-order valence-electron chi connectivity index (χ3n) is 6.22. The molecule has 3 aromatic rings. The monoisotopic (exact) mass is 474 g/mol. The van der Waals surface area contributed by atoms with Gasteiger partial charge in [0.1, 0.15) is 11.5 Å². The molecule has 8 heteroatoms. The van der Waals surface area contributed by atoms with Crippen LogP contribution in [0.25, 0.3) is 11.1 Å². The second-order valence-corrected chi connectivity index (χ2v) is 9.33. The minimum absolute atomic E-state index is 0.0105. The molecular weight excluding hydrogens is 440 g/mol. The number of ether oxygens (including phenoxy) is 1. The molecule has 3 N–H and O–H groups in total. The molecule has 1 aliphatic rings. The molecule has 0 atom stereocenters. The van der Waals surface area contributed by atoms with Crippen LogP contribution in [-0.2, 0) is 11.3 Å². The van der Waals surface area contributed by atoms with E-state index in [1.54, 1.807) is 18.2 Å². The molecule has 0 aliphatic heterocycles. The number of carbonyl (C=O) groups is 1. The first-order valence-electron chi connectivity index (χ1n) is 12.0. The number of nitrogens with zero attached hydrogens (tertiary/aromatic N) is 3. The zero-order valence-corrected chi connectivity index (χ0v) is 20.7. The Hall–Kier alpha value is -3.65. The molecule has 1 heterocycles. The Bertz CT molecular complexity index is 1150. The molecule has 8 nitrogen and oxygen atoms in total. The number of aromatic amines is 1. The lowest BCUT2D eigenvalue weighted by Gasteiger charge is -2.26. The highest BCUT2D eigenvalue weighted by molar-refractivity contribution is 6.45. The Balaban J connectivity index is 1.59. The van der Waals surface area contributed by atoms with Crippen LogP contribution >= 0.6 is 0 Å². The van der Waals surface area contributed by atoms with E-state index in [0.29, 0.717) is 31.1 Å². The molecule has 4 rings (SSSR count). The maximum Gasteiger partial charge on any atom is 0.272 e. The lowest BCUT2D eigenvalue weighted by Crippen LogP contribution is -2.40. The first-order valence-corrected chi connectivity index (χ1v) is 12.0. The fourth-order valence-corrected chi connectivity index (χ4v) is 3.91. The van der Waals surface area contributed by atoms with E-state index in [1.807, 2.05) is 67.7 Å². The van der Waals surface area contributed by atoms with Gasteiger partial charge in [0.25, 0.3) is 5.91 Å². The van der Waals surface area contributed by atoms with Crippen LogP contribution in [0, 0.1) is 11.3 Å². The van der Waals surface area contributed by atoms with E-state index in [-0.39, 0.29) is 11.6 Å². The third kappa shape index (κ3) is 6.48. The van der Waals surface area contributed by atoms with Crippen LogP contribution < -0.4 is 10.1 Å². The van der Waals surface area contributed by atoms with E-state index >= 15 is 0 Å². The first-order chi connectivity index (χ1) is 16.9. The predicted octanol–water partition coefficient (Wildman–Crippen LogP) is 3.87. The molecule has 0 saturated heterocycles. The van der Waals surface area contributed by atoms with Gasteiger partial charge in [0, 0.05) is 49.2 Å². The van der Waals surface area contributed by atoms with E-state index in [2.05, 4.69) is 15.5 Å². The van der Waals surface area contributed by atoms with Crippen LogP contribution in [0.4, 0.5) is 5.69 Å². The number of rotatable bonds is 12. The van der Waals surface area contributed by atoms with Gasteiger partial charge in [-0.2, -0.15) is 5.10 Å². The van der Waals surface area contributed by atoms with Crippen molar-refractivity contribution in [1.82, 2.24) is 20.0 Å². The summed E-state index contributed by atoms with van der Waals surface area (Å²) in [6.07, 6.45) is 6.05. The van der Waals surface area contributed by atoms with E-state index in [9.17, 15) is 4.79 Å². The van der Waals surface area contributed by atoms with Gasteiger partial charge < -0.3 is 19.9 Å².